The van der Waals surface area contributed by atoms with Crippen molar-refractivity contribution in [2.45, 2.75) is 58.2 Å². The van der Waals surface area contributed by atoms with E-state index in [1.807, 2.05) is 16.8 Å². The zero-order valence-corrected chi connectivity index (χ0v) is 19.4. The molecule has 0 spiro atoms. The van der Waals surface area contributed by atoms with Crippen LogP contribution >= 0.6 is 24.0 Å². The van der Waals surface area contributed by atoms with Crippen LogP contribution in [0.5, 0.6) is 5.88 Å². The number of halogens is 1. The molecule has 1 aliphatic carbocycles. The SMILES string of the molecule is CCc1nc2n(n1)CC(NC(=NC)NCc1ccnc(OCC3CC3)c1)CC2.I. The van der Waals surface area contributed by atoms with Crippen LogP contribution in [0.3, 0.4) is 0 Å². The standard InChI is InChI=1S/C20H29N7O.HI/c1-3-17-25-18-7-6-16(12-27(18)26-17)24-20(21-2)23-11-15-8-9-22-19(10-15)28-13-14-4-5-14;/h8-10,14,16H,3-7,11-13H2,1-2H3,(H2,21,23,24);1H. The van der Waals surface area contributed by atoms with Gasteiger partial charge in [0.05, 0.1) is 13.2 Å². The molecule has 0 amide bonds. The summed E-state index contributed by atoms with van der Waals surface area (Å²) in [6.45, 7) is 4.35. The lowest BCUT2D eigenvalue weighted by atomic mass is 10.1. The first kappa shape index (κ1) is 21.8. The third kappa shape index (κ3) is 6.03. The molecule has 1 aliphatic heterocycles. The van der Waals surface area contributed by atoms with E-state index in [0.29, 0.717) is 18.5 Å². The van der Waals surface area contributed by atoms with E-state index < -0.39 is 0 Å². The van der Waals surface area contributed by atoms with Gasteiger partial charge in [-0.25, -0.2) is 14.6 Å². The summed E-state index contributed by atoms with van der Waals surface area (Å²) in [4.78, 5) is 13.2. The number of nitrogens with one attached hydrogen (secondary N) is 2. The van der Waals surface area contributed by atoms with Gasteiger partial charge in [-0.3, -0.25) is 4.99 Å². The van der Waals surface area contributed by atoms with E-state index in [0.717, 1.165) is 61.5 Å². The zero-order valence-electron chi connectivity index (χ0n) is 17.1. The molecule has 2 aromatic heterocycles. The van der Waals surface area contributed by atoms with Crippen LogP contribution in [-0.4, -0.2) is 45.4 Å². The van der Waals surface area contributed by atoms with Crippen molar-refractivity contribution in [1.82, 2.24) is 30.4 Å². The number of hydrogen-bond acceptors (Lipinski definition) is 5. The summed E-state index contributed by atoms with van der Waals surface area (Å²) in [5.41, 5.74) is 1.12. The Morgan fingerprint density at radius 1 is 1.34 bits per heavy atom. The molecule has 158 valence electrons. The maximum absolute atomic E-state index is 5.77. The van der Waals surface area contributed by atoms with Crippen LogP contribution in [0.1, 0.15) is 43.4 Å². The van der Waals surface area contributed by atoms with Gasteiger partial charge >= 0.3 is 0 Å². The van der Waals surface area contributed by atoms with Crippen LogP contribution in [0.2, 0.25) is 0 Å². The van der Waals surface area contributed by atoms with Crippen molar-refractivity contribution >= 4 is 29.9 Å². The Hall–Kier alpha value is -1.91. The van der Waals surface area contributed by atoms with Crippen molar-refractivity contribution in [2.24, 2.45) is 10.9 Å². The van der Waals surface area contributed by atoms with Crippen molar-refractivity contribution in [1.29, 1.82) is 0 Å². The van der Waals surface area contributed by atoms with Crippen LogP contribution in [0.15, 0.2) is 23.3 Å². The van der Waals surface area contributed by atoms with E-state index in [4.69, 9.17) is 4.74 Å². The highest BCUT2D eigenvalue weighted by atomic mass is 127. The number of aromatic nitrogens is 4. The van der Waals surface area contributed by atoms with E-state index in [-0.39, 0.29) is 24.0 Å². The fourth-order valence-corrected chi connectivity index (χ4v) is 3.33. The lowest BCUT2D eigenvalue weighted by Gasteiger charge is -2.25. The average Bonchev–Trinajstić information content (AvgIpc) is 3.47. The second-order valence-corrected chi connectivity index (χ2v) is 7.54. The Bertz CT molecular complexity index is 834. The minimum absolute atomic E-state index is 0. The summed E-state index contributed by atoms with van der Waals surface area (Å²) < 4.78 is 7.80. The Kier molecular flexibility index (Phi) is 7.68. The molecule has 1 fully saturated rings. The Morgan fingerprint density at radius 2 is 2.21 bits per heavy atom. The van der Waals surface area contributed by atoms with E-state index in [2.05, 4.69) is 37.6 Å². The molecule has 3 heterocycles. The molecule has 0 aromatic carbocycles. The molecule has 4 rings (SSSR count). The lowest BCUT2D eigenvalue weighted by molar-refractivity contribution is 0.288. The first-order valence-corrected chi connectivity index (χ1v) is 10.2. The van der Waals surface area contributed by atoms with Crippen molar-refractivity contribution < 1.29 is 4.74 Å². The Morgan fingerprint density at radius 3 is 2.97 bits per heavy atom. The average molecular weight is 511 g/mol. The summed E-state index contributed by atoms with van der Waals surface area (Å²) in [7, 11) is 1.80. The number of aliphatic imine (C=N–C) groups is 1. The monoisotopic (exact) mass is 511 g/mol. The van der Waals surface area contributed by atoms with E-state index in [1.165, 1.54) is 12.8 Å². The summed E-state index contributed by atoms with van der Waals surface area (Å²) in [6, 6.07) is 4.29. The van der Waals surface area contributed by atoms with Gasteiger partial charge in [0.1, 0.15) is 5.82 Å². The van der Waals surface area contributed by atoms with Crippen LogP contribution in [0.4, 0.5) is 0 Å². The van der Waals surface area contributed by atoms with Crippen molar-refractivity contribution in [3.05, 3.63) is 35.5 Å². The summed E-state index contributed by atoms with van der Waals surface area (Å²) in [6.07, 6.45) is 7.19. The predicted octanol–water partition coefficient (Wildman–Crippen LogP) is 2.32. The molecule has 1 saturated carbocycles. The first-order valence-electron chi connectivity index (χ1n) is 10.2. The van der Waals surface area contributed by atoms with Gasteiger partial charge in [-0.1, -0.05) is 6.92 Å². The predicted molar refractivity (Wildman–Crippen MR) is 123 cm³/mol. The van der Waals surface area contributed by atoms with Crippen molar-refractivity contribution in [3.63, 3.8) is 0 Å². The number of nitrogens with zero attached hydrogens (tertiary/aromatic N) is 5. The summed E-state index contributed by atoms with van der Waals surface area (Å²) in [5.74, 6) is 4.23. The molecule has 8 nitrogen and oxygen atoms in total. The summed E-state index contributed by atoms with van der Waals surface area (Å²) in [5, 5.41) is 11.5. The van der Waals surface area contributed by atoms with Gasteiger partial charge < -0.3 is 15.4 Å². The van der Waals surface area contributed by atoms with Crippen LogP contribution in [0.25, 0.3) is 0 Å². The maximum Gasteiger partial charge on any atom is 0.213 e. The molecule has 9 heteroatoms. The molecular weight excluding hydrogens is 481 g/mol. The van der Waals surface area contributed by atoms with Gasteiger partial charge in [-0.05, 0) is 36.8 Å². The largest absolute Gasteiger partial charge is 0.477 e. The third-order valence-electron chi connectivity index (χ3n) is 5.21. The van der Waals surface area contributed by atoms with Gasteiger partial charge in [-0.15, -0.1) is 24.0 Å². The first-order chi connectivity index (χ1) is 13.7. The zero-order chi connectivity index (χ0) is 19.3. The third-order valence-corrected chi connectivity index (χ3v) is 5.21. The number of guanidine groups is 1. The van der Waals surface area contributed by atoms with Gasteiger partial charge in [0.15, 0.2) is 11.8 Å². The number of hydrogen-bond donors (Lipinski definition) is 2. The molecule has 2 aliphatic rings. The number of ether oxygens (including phenoxy) is 1. The summed E-state index contributed by atoms with van der Waals surface area (Å²) >= 11 is 0. The molecule has 0 bridgehead atoms. The molecule has 0 saturated heterocycles. The molecule has 2 aromatic rings. The minimum atomic E-state index is 0. The smallest absolute Gasteiger partial charge is 0.213 e. The quantitative estimate of drug-likeness (QED) is 0.337. The van der Waals surface area contributed by atoms with Gasteiger partial charge in [-0.2, -0.15) is 5.10 Å². The normalized spacial score (nSPS) is 18.6. The fraction of sp³-hybridized carbons (Fsp3) is 0.600. The topological polar surface area (TPSA) is 89.2 Å². The fourth-order valence-electron chi connectivity index (χ4n) is 3.33. The van der Waals surface area contributed by atoms with Crippen LogP contribution < -0.4 is 15.4 Å². The van der Waals surface area contributed by atoms with Gasteiger partial charge in [0, 0.05) is 44.7 Å². The maximum atomic E-state index is 5.77. The Labute approximate surface area is 189 Å². The number of rotatable bonds is 7. The number of fused-ring (bicyclic) bond motifs is 1. The molecule has 1 atom stereocenters. The van der Waals surface area contributed by atoms with E-state index >= 15 is 0 Å². The molecular formula is C20H30IN7O. The highest BCUT2D eigenvalue weighted by Crippen LogP contribution is 2.29. The molecule has 1 unspecified atom stereocenters. The minimum Gasteiger partial charge on any atom is -0.477 e. The number of pyridine rings is 1. The lowest BCUT2D eigenvalue weighted by Crippen LogP contribution is -2.46. The second-order valence-electron chi connectivity index (χ2n) is 7.54. The van der Waals surface area contributed by atoms with E-state index in [9.17, 15) is 0 Å². The number of aryl methyl sites for hydroxylation is 2. The van der Waals surface area contributed by atoms with E-state index in [1.54, 1.807) is 13.2 Å². The van der Waals surface area contributed by atoms with Crippen LogP contribution in [-0.2, 0) is 25.9 Å². The van der Waals surface area contributed by atoms with Crippen molar-refractivity contribution in [3.8, 4) is 5.88 Å². The highest BCUT2D eigenvalue weighted by molar-refractivity contribution is 14.0. The second kappa shape index (κ2) is 10.2. The highest BCUT2D eigenvalue weighted by Gasteiger charge is 2.23. The molecule has 2 N–H and O–H groups in total. The van der Waals surface area contributed by atoms with Gasteiger partial charge in [0.2, 0.25) is 5.88 Å². The van der Waals surface area contributed by atoms with Crippen molar-refractivity contribution in [2.75, 3.05) is 13.7 Å². The van der Waals surface area contributed by atoms with Crippen LogP contribution in [0, 0.1) is 5.92 Å². The molecule has 0 radical (unpaired) electrons. The Balaban J connectivity index is 0.00000240. The molecule has 29 heavy (non-hydrogen) atoms. The van der Waals surface area contributed by atoms with Gasteiger partial charge in [0.25, 0.3) is 0 Å².